The number of halogens is 5. The summed E-state index contributed by atoms with van der Waals surface area (Å²) in [7, 11) is 0. The Morgan fingerprint density at radius 1 is 1.03 bits per heavy atom. The zero-order valence-corrected chi connectivity index (χ0v) is 17.7. The number of carbonyl (C=O) groups excluding carboxylic acids is 1. The van der Waals surface area contributed by atoms with Crippen LogP contribution >= 0.6 is 0 Å². The molecule has 1 aromatic carbocycles. The van der Waals surface area contributed by atoms with Crippen LogP contribution in [0.15, 0.2) is 61.4 Å². The standard InChI is InChI=1S/C22H16F5N7O/c23-21(24,22(25,26)27)18-10-33(11-29-18)16-6-7-28-17(9-16)20(35)31-14-3-1-2-13(8-14)19-32-30-12-34(19)15-4-5-15/h1-3,6-12,15H,4-5H2,(H,31,35). The van der Waals surface area contributed by atoms with Crippen LogP contribution in [0, 0.1) is 0 Å². The van der Waals surface area contributed by atoms with Crippen LogP contribution in [0.5, 0.6) is 0 Å². The number of nitrogens with one attached hydrogen (secondary N) is 1. The van der Waals surface area contributed by atoms with E-state index in [2.05, 4.69) is 25.5 Å². The summed E-state index contributed by atoms with van der Waals surface area (Å²) in [6.07, 6.45) is 0.594. The summed E-state index contributed by atoms with van der Waals surface area (Å²) in [5.74, 6) is -5.04. The first-order valence-electron chi connectivity index (χ1n) is 10.4. The average Bonchev–Trinajstić information content (AvgIpc) is 3.33. The predicted octanol–water partition coefficient (Wildman–Crippen LogP) is 4.77. The van der Waals surface area contributed by atoms with Gasteiger partial charge in [-0.2, -0.15) is 22.0 Å². The van der Waals surface area contributed by atoms with Gasteiger partial charge in [-0.1, -0.05) is 12.1 Å². The zero-order chi connectivity index (χ0) is 24.8. The summed E-state index contributed by atoms with van der Waals surface area (Å²) in [6, 6.07) is 9.94. The number of benzene rings is 1. The molecule has 1 fully saturated rings. The molecule has 1 amide bonds. The Bertz CT molecular complexity index is 1390. The van der Waals surface area contributed by atoms with Crippen molar-refractivity contribution in [2.24, 2.45) is 0 Å². The fraction of sp³-hybridized carbons (Fsp3) is 0.227. The normalized spacial score (nSPS) is 14.2. The van der Waals surface area contributed by atoms with Crippen molar-refractivity contribution in [3.63, 3.8) is 0 Å². The van der Waals surface area contributed by atoms with Crippen molar-refractivity contribution in [3.05, 3.63) is 72.8 Å². The molecule has 35 heavy (non-hydrogen) atoms. The van der Waals surface area contributed by atoms with E-state index in [0.717, 1.165) is 29.3 Å². The van der Waals surface area contributed by atoms with Crippen LogP contribution in [0.3, 0.4) is 0 Å². The van der Waals surface area contributed by atoms with Crippen LogP contribution in [0.2, 0.25) is 0 Å². The van der Waals surface area contributed by atoms with Gasteiger partial charge in [-0.15, -0.1) is 10.2 Å². The molecule has 8 nitrogen and oxygen atoms in total. The summed E-state index contributed by atoms with van der Waals surface area (Å²) in [5.41, 5.74) is -0.186. The summed E-state index contributed by atoms with van der Waals surface area (Å²) < 4.78 is 67.9. The van der Waals surface area contributed by atoms with E-state index in [1.54, 1.807) is 24.5 Å². The van der Waals surface area contributed by atoms with Gasteiger partial charge in [0.2, 0.25) is 0 Å². The molecule has 0 atom stereocenters. The molecular weight excluding hydrogens is 473 g/mol. The van der Waals surface area contributed by atoms with Gasteiger partial charge in [-0.05, 0) is 37.1 Å². The molecule has 0 bridgehead atoms. The third kappa shape index (κ3) is 4.36. The minimum Gasteiger partial charge on any atom is -0.321 e. The molecule has 1 aliphatic carbocycles. The Kier molecular flexibility index (Phi) is 5.33. The van der Waals surface area contributed by atoms with Crippen molar-refractivity contribution < 1.29 is 26.7 Å². The minimum absolute atomic E-state index is 0.0770. The topological polar surface area (TPSA) is 90.5 Å². The lowest BCUT2D eigenvalue weighted by atomic mass is 10.2. The van der Waals surface area contributed by atoms with Gasteiger partial charge in [0.25, 0.3) is 5.91 Å². The highest BCUT2D eigenvalue weighted by Crippen LogP contribution is 2.43. The van der Waals surface area contributed by atoms with Crippen LogP contribution in [0.1, 0.15) is 35.1 Å². The van der Waals surface area contributed by atoms with Crippen molar-refractivity contribution in [2.45, 2.75) is 31.0 Å². The largest absolute Gasteiger partial charge is 0.459 e. The van der Waals surface area contributed by atoms with E-state index < -0.39 is 23.7 Å². The van der Waals surface area contributed by atoms with Gasteiger partial charge in [0.1, 0.15) is 17.7 Å². The Hall–Kier alpha value is -4.16. The highest BCUT2D eigenvalue weighted by Gasteiger charge is 2.60. The second-order valence-corrected chi connectivity index (χ2v) is 7.97. The van der Waals surface area contributed by atoms with E-state index in [4.69, 9.17) is 0 Å². The molecule has 5 rings (SSSR count). The van der Waals surface area contributed by atoms with Gasteiger partial charge in [0.05, 0.1) is 12.0 Å². The lowest BCUT2D eigenvalue weighted by molar-refractivity contribution is -0.290. The quantitative estimate of drug-likeness (QED) is 0.394. The van der Waals surface area contributed by atoms with E-state index in [9.17, 15) is 26.7 Å². The van der Waals surface area contributed by atoms with E-state index in [-0.39, 0.29) is 11.4 Å². The van der Waals surface area contributed by atoms with Gasteiger partial charge >= 0.3 is 12.1 Å². The lowest BCUT2D eigenvalue weighted by Gasteiger charge is -2.16. The van der Waals surface area contributed by atoms with Gasteiger partial charge in [0, 0.05) is 29.7 Å². The smallest absolute Gasteiger partial charge is 0.321 e. The number of hydrogen-bond donors (Lipinski definition) is 1. The molecule has 0 radical (unpaired) electrons. The molecule has 1 N–H and O–H groups in total. The summed E-state index contributed by atoms with van der Waals surface area (Å²) in [4.78, 5) is 19.9. The van der Waals surface area contributed by atoms with E-state index in [1.807, 2.05) is 10.6 Å². The summed E-state index contributed by atoms with van der Waals surface area (Å²) in [6.45, 7) is 0. The molecule has 180 valence electrons. The highest BCUT2D eigenvalue weighted by molar-refractivity contribution is 6.03. The summed E-state index contributed by atoms with van der Waals surface area (Å²) >= 11 is 0. The van der Waals surface area contributed by atoms with Crippen LogP contribution in [0.4, 0.5) is 27.6 Å². The van der Waals surface area contributed by atoms with Crippen molar-refractivity contribution in [1.82, 2.24) is 29.3 Å². The number of amides is 1. The number of anilines is 1. The third-order valence-corrected chi connectivity index (χ3v) is 5.43. The highest BCUT2D eigenvalue weighted by atomic mass is 19.4. The van der Waals surface area contributed by atoms with Crippen LogP contribution in [-0.4, -0.2) is 41.4 Å². The summed E-state index contributed by atoms with van der Waals surface area (Å²) in [5, 5.41) is 10.8. The maximum Gasteiger partial charge on any atom is 0.459 e. The predicted molar refractivity (Wildman–Crippen MR) is 113 cm³/mol. The number of aromatic nitrogens is 6. The Morgan fingerprint density at radius 3 is 2.57 bits per heavy atom. The lowest BCUT2D eigenvalue weighted by Crippen LogP contribution is -2.33. The first-order chi connectivity index (χ1) is 16.6. The van der Waals surface area contributed by atoms with Crippen molar-refractivity contribution in [1.29, 1.82) is 0 Å². The maximum absolute atomic E-state index is 13.6. The van der Waals surface area contributed by atoms with Crippen molar-refractivity contribution in [2.75, 3.05) is 5.32 Å². The molecule has 0 saturated heterocycles. The second kappa shape index (κ2) is 8.25. The fourth-order valence-corrected chi connectivity index (χ4v) is 3.48. The van der Waals surface area contributed by atoms with E-state index in [1.165, 1.54) is 18.3 Å². The van der Waals surface area contributed by atoms with E-state index in [0.29, 0.717) is 23.8 Å². The number of nitrogens with zero attached hydrogens (tertiary/aromatic N) is 6. The number of pyridine rings is 1. The first kappa shape index (κ1) is 22.6. The van der Waals surface area contributed by atoms with Crippen molar-refractivity contribution >= 4 is 11.6 Å². The fourth-order valence-electron chi connectivity index (χ4n) is 3.48. The van der Waals surface area contributed by atoms with Crippen LogP contribution in [0.25, 0.3) is 17.1 Å². The number of alkyl halides is 5. The Balaban J connectivity index is 1.35. The molecule has 3 heterocycles. The molecule has 3 aromatic heterocycles. The number of hydrogen-bond acceptors (Lipinski definition) is 5. The van der Waals surface area contributed by atoms with Gasteiger partial charge in [-0.3, -0.25) is 9.78 Å². The molecule has 1 aliphatic rings. The van der Waals surface area contributed by atoms with Crippen LogP contribution in [-0.2, 0) is 5.92 Å². The minimum atomic E-state index is -5.78. The monoisotopic (exact) mass is 489 g/mol. The van der Waals surface area contributed by atoms with Gasteiger partial charge < -0.3 is 14.5 Å². The van der Waals surface area contributed by atoms with E-state index >= 15 is 0 Å². The number of rotatable bonds is 6. The van der Waals surface area contributed by atoms with Gasteiger partial charge in [-0.25, -0.2) is 4.98 Å². The maximum atomic E-state index is 13.6. The molecule has 0 aliphatic heterocycles. The molecule has 0 spiro atoms. The second-order valence-electron chi connectivity index (χ2n) is 7.97. The first-order valence-corrected chi connectivity index (χ1v) is 10.4. The SMILES string of the molecule is O=C(Nc1cccc(-c2nncn2C2CC2)c1)c1cc(-n2cnc(C(F)(F)C(F)(F)F)c2)ccn1. The number of carbonyl (C=O) groups is 1. The van der Waals surface area contributed by atoms with Crippen LogP contribution < -0.4 is 5.32 Å². The zero-order valence-electron chi connectivity index (χ0n) is 17.7. The molecule has 0 unspecified atom stereocenters. The number of imidazole rings is 1. The molecular formula is C22H16F5N7O. The third-order valence-electron chi connectivity index (χ3n) is 5.43. The molecule has 1 saturated carbocycles. The average molecular weight is 489 g/mol. The Morgan fingerprint density at radius 2 is 1.83 bits per heavy atom. The van der Waals surface area contributed by atoms with Gasteiger partial charge in [0.15, 0.2) is 5.82 Å². The Labute approximate surface area is 194 Å². The van der Waals surface area contributed by atoms with Crippen molar-refractivity contribution in [3.8, 4) is 17.1 Å². The molecule has 13 heteroatoms. The molecule has 4 aromatic rings.